The molecule has 1 nitrogen and oxygen atoms in total. The van der Waals surface area contributed by atoms with Crippen LogP contribution in [0.4, 0.5) is 0 Å². The van der Waals surface area contributed by atoms with Crippen molar-refractivity contribution in [3.8, 4) is 11.1 Å². The molecular weight excluding hydrogens is 204 g/mol. The van der Waals surface area contributed by atoms with Gasteiger partial charge in [-0.25, -0.2) is 0 Å². The summed E-state index contributed by atoms with van der Waals surface area (Å²) in [6.07, 6.45) is 0. The van der Waals surface area contributed by atoms with Gasteiger partial charge in [0.05, 0.1) is 0 Å². The van der Waals surface area contributed by atoms with Gasteiger partial charge in [-0.2, -0.15) is 0 Å². The fourth-order valence-corrected chi connectivity index (χ4v) is 2.40. The molecule has 0 unspecified atom stereocenters. The van der Waals surface area contributed by atoms with Crippen LogP contribution < -0.4 is 0 Å². The average molecular weight is 216 g/mol. The predicted octanol–water partition coefficient (Wildman–Crippen LogP) is 3.93. The Hall–Kier alpha value is -1.41. The lowest BCUT2D eigenvalue weighted by Crippen LogP contribution is -1.95. The molecule has 1 heterocycles. The van der Waals surface area contributed by atoms with Crippen LogP contribution >= 0.6 is 11.3 Å². The Bertz CT molecular complexity index is 497. The number of carbonyl (C=O) groups is 1. The Morgan fingerprint density at radius 2 is 1.87 bits per heavy atom. The van der Waals surface area contributed by atoms with Gasteiger partial charge in [0, 0.05) is 10.4 Å². The molecule has 0 atom stereocenters. The molecule has 1 aromatic carbocycles. The largest absolute Gasteiger partial charge is 0.294 e. The summed E-state index contributed by atoms with van der Waals surface area (Å²) in [6.45, 7) is 3.69. The first kappa shape index (κ1) is 10.1. The summed E-state index contributed by atoms with van der Waals surface area (Å²) in [7, 11) is 0. The van der Waals surface area contributed by atoms with Crippen molar-refractivity contribution >= 4 is 17.1 Å². The fourth-order valence-electron chi connectivity index (χ4n) is 1.69. The van der Waals surface area contributed by atoms with E-state index < -0.39 is 0 Å². The topological polar surface area (TPSA) is 17.1 Å². The molecule has 0 saturated heterocycles. The van der Waals surface area contributed by atoms with E-state index in [-0.39, 0.29) is 5.78 Å². The van der Waals surface area contributed by atoms with Gasteiger partial charge in [-0.15, -0.1) is 11.3 Å². The maximum Gasteiger partial charge on any atom is 0.160 e. The van der Waals surface area contributed by atoms with Gasteiger partial charge in [0.15, 0.2) is 5.78 Å². The Kier molecular flexibility index (Phi) is 2.69. The Labute approximate surface area is 93.4 Å². The van der Waals surface area contributed by atoms with Crippen molar-refractivity contribution in [1.29, 1.82) is 0 Å². The van der Waals surface area contributed by atoms with Gasteiger partial charge >= 0.3 is 0 Å². The average Bonchev–Trinajstić information content (AvgIpc) is 2.64. The zero-order chi connectivity index (χ0) is 10.8. The van der Waals surface area contributed by atoms with Crippen LogP contribution in [-0.4, -0.2) is 5.78 Å². The van der Waals surface area contributed by atoms with E-state index in [1.165, 1.54) is 10.4 Å². The Morgan fingerprint density at radius 3 is 2.47 bits per heavy atom. The number of rotatable bonds is 2. The summed E-state index contributed by atoms with van der Waals surface area (Å²) < 4.78 is 0. The van der Waals surface area contributed by atoms with E-state index in [1.54, 1.807) is 18.3 Å². The molecule has 1 aromatic heterocycles. The van der Waals surface area contributed by atoms with Crippen molar-refractivity contribution in [3.63, 3.8) is 0 Å². The minimum absolute atomic E-state index is 0.121. The monoisotopic (exact) mass is 216 g/mol. The molecule has 2 rings (SSSR count). The second kappa shape index (κ2) is 3.99. The van der Waals surface area contributed by atoms with E-state index in [0.29, 0.717) is 0 Å². The minimum atomic E-state index is 0.121. The van der Waals surface area contributed by atoms with E-state index in [0.717, 1.165) is 11.1 Å². The smallest absolute Gasteiger partial charge is 0.160 e. The maximum atomic E-state index is 11.5. The third kappa shape index (κ3) is 1.85. The van der Waals surface area contributed by atoms with Crippen molar-refractivity contribution in [2.24, 2.45) is 0 Å². The molecule has 2 aromatic rings. The van der Waals surface area contributed by atoms with Gasteiger partial charge in [0.2, 0.25) is 0 Å². The van der Waals surface area contributed by atoms with Crippen molar-refractivity contribution < 1.29 is 4.79 Å². The molecule has 76 valence electrons. The van der Waals surface area contributed by atoms with Crippen LogP contribution in [0.2, 0.25) is 0 Å². The van der Waals surface area contributed by atoms with E-state index in [2.05, 4.69) is 18.4 Å². The highest BCUT2D eigenvalue weighted by atomic mass is 32.1. The first-order valence-corrected chi connectivity index (χ1v) is 5.72. The first-order chi connectivity index (χ1) is 7.20. The number of aryl methyl sites for hydroxylation is 1. The molecule has 0 aliphatic rings. The molecular formula is C13H12OS. The lowest BCUT2D eigenvalue weighted by molar-refractivity contribution is 0.101. The number of carbonyl (C=O) groups excluding carboxylic acids is 1. The Morgan fingerprint density at radius 1 is 1.13 bits per heavy atom. The SMILES string of the molecule is CC(=O)c1ccccc1-c1ccsc1C. The molecule has 0 radical (unpaired) electrons. The van der Waals surface area contributed by atoms with Crippen molar-refractivity contribution in [2.45, 2.75) is 13.8 Å². The first-order valence-electron chi connectivity index (χ1n) is 4.84. The number of hydrogen-bond donors (Lipinski definition) is 0. The van der Waals surface area contributed by atoms with E-state index >= 15 is 0 Å². The van der Waals surface area contributed by atoms with E-state index in [1.807, 2.05) is 24.3 Å². The molecule has 0 fully saturated rings. The Balaban J connectivity index is 2.63. The van der Waals surface area contributed by atoms with Gasteiger partial charge < -0.3 is 0 Å². The molecule has 0 amide bonds. The third-order valence-electron chi connectivity index (χ3n) is 2.46. The van der Waals surface area contributed by atoms with Crippen LogP contribution in [0, 0.1) is 6.92 Å². The summed E-state index contributed by atoms with van der Waals surface area (Å²) in [6, 6.07) is 9.84. The minimum Gasteiger partial charge on any atom is -0.294 e. The molecule has 15 heavy (non-hydrogen) atoms. The number of Topliss-reactive ketones (excluding diaryl/α,β-unsaturated/α-hetero) is 1. The highest BCUT2D eigenvalue weighted by molar-refractivity contribution is 7.10. The zero-order valence-corrected chi connectivity index (χ0v) is 9.60. The quantitative estimate of drug-likeness (QED) is 0.695. The normalized spacial score (nSPS) is 10.3. The standard InChI is InChI=1S/C13H12OS/c1-9(14)11-5-3-4-6-13(11)12-7-8-15-10(12)2/h3-8H,1-2H3. The predicted molar refractivity (Wildman–Crippen MR) is 64.5 cm³/mol. The lowest BCUT2D eigenvalue weighted by atomic mass is 9.98. The molecule has 0 saturated carbocycles. The zero-order valence-electron chi connectivity index (χ0n) is 8.78. The number of hydrogen-bond acceptors (Lipinski definition) is 2. The van der Waals surface area contributed by atoms with Crippen LogP contribution in [0.1, 0.15) is 22.2 Å². The molecule has 2 heteroatoms. The van der Waals surface area contributed by atoms with Gasteiger partial charge in [-0.3, -0.25) is 4.79 Å². The van der Waals surface area contributed by atoms with Crippen molar-refractivity contribution in [2.75, 3.05) is 0 Å². The third-order valence-corrected chi connectivity index (χ3v) is 3.30. The maximum absolute atomic E-state index is 11.5. The van der Waals surface area contributed by atoms with Crippen LogP contribution in [-0.2, 0) is 0 Å². The molecule has 0 aliphatic heterocycles. The van der Waals surface area contributed by atoms with E-state index in [4.69, 9.17) is 0 Å². The number of ketones is 1. The van der Waals surface area contributed by atoms with Crippen LogP contribution in [0.3, 0.4) is 0 Å². The van der Waals surface area contributed by atoms with Gasteiger partial charge in [-0.1, -0.05) is 24.3 Å². The van der Waals surface area contributed by atoms with Crippen molar-refractivity contribution in [1.82, 2.24) is 0 Å². The summed E-state index contributed by atoms with van der Waals surface area (Å²) in [4.78, 5) is 12.7. The van der Waals surface area contributed by atoms with Crippen molar-refractivity contribution in [3.05, 3.63) is 46.2 Å². The molecule has 0 spiro atoms. The van der Waals surface area contributed by atoms with Gasteiger partial charge in [-0.05, 0) is 36.4 Å². The van der Waals surface area contributed by atoms with Gasteiger partial charge in [0.25, 0.3) is 0 Å². The molecule has 0 bridgehead atoms. The fraction of sp³-hybridized carbons (Fsp3) is 0.154. The summed E-state index contributed by atoms with van der Waals surface area (Å²) in [5.41, 5.74) is 3.02. The van der Waals surface area contributed by atoms with Crippen LogP contribution in [0.15, 0.2) is 35.7 Å². The highest BCUT2D eigenvalue weighted by Crippen LogP contribution is 2.30. The van der Waals surface area contributed by atoms with E-state index in [9.17, 15) is 4.79 Å². The summed E-state index contributed by atoms with van der Waals surface area (Å²) >= 11 is 1.71. The second-order valence-corrected chi connectivity index (χ2v) is 4.61. The van der Waals surface area contributed by atoms with Gasteiger partial charge in [0.1, 0.15) is 0 Å². The molecule has 0 aliphatic carbocycles. The highest BCUT2D eigenvalue weighted by Gasteiger charge is 2.10. The number of benzene rings is 1. The second-order valence-electron chi connectivity index (χ2n) is 3.49. The van der Waals surface area contributed by atoms with Crippen LogP contribution in [0.25, 0.3) is 11.1 Å². The molecule has 0 N–H and O–H groups in total. The van der Waals surface area contributed by atoms with Crippen LogP contribution in [0.5, 0.6) is 0 Å². The number of thiophene rings is 1. The summed E-state index contributed by atoms with van der Waals surface area (Å²) in [5.74, 6) is 0.121. The lowest BCUT2D eigenvalue weighted by Gasteiger charge is -2.05. The summed E-state index contributed by atoms with van der Waals surface area (Å²) in [5, 5.41) is 2.06.